The highest BCUT2D eigenvalue weighted by molar-refractivity contribution is 5.16. The summed E-state index contributed by atoms with van der Waals surface area (Å²) < 4.78 is 12.7. The third-order valence-electron chi connectivity index (χ3n) is 2.74. The van der Waals surface area contributed by atoms with Crippen LogP contribution in [0, 0.1) is 5.82 Å². The van der Waals surface area contributed by atoms with E-state index in [2.05, 4.69) is 12.2 Å². The van der Waals surface area contributed by atoms with Crippen LogP contribution in [-0.4, -0.2) is 13.1 Å². The van der Waals surface area contributed by atoms with E-state index in [9.17, 15) is 4.39 Å². The molecule has 1 aromatic carbocycles. The fourth-order valence-corrected chi connectivity index (χ4v) is 1.77. The maximum absolute atomic E-state index is 12.7. The summed E-state index contributed by atoms with van der Waals surface area (Å²) in [4.78, 5) is 0. The van der Waals surface area contributed by atoms with E-state index in [-0.39, 0.29) is 5.82 Å². The maximum Gasteiger partial charge on any atom is 0.123 e. The molecule has 0 heterocycles. The van der Waals surface area contributed by atoms with Crippen molar-refractivity contribution in [3.8, 4) is 0 Å². The molecule has 0 bridgehead atoms. The van der Waals surface area contributed by atoms with E-state index in [1.165, 1.54) is 30.5 Å². The number of hydrogen-bond donors (Lipinski definition) is 1. The molecule has 84 valence electrons. The van der Waals surface area contributed by atoms with Crippen molar-refractivity contribution in [2.45, 2.75) is 38.6 Å². The predicted octanol–water partition coefficient (Wildman–Crippen LogP) is 3.15. The molecule has 0 aromatic heterocycles. The summed E-state index contributed by atoms with van der Waals surface area (Å²) in [6.07, 6.45) is 4.55. The molecule has 0 saturated carbocycles. The van der Waals surface area contributed by atoms with Gasteiger partial charge in [0.15, 0.2) is 0 Å². The molecule has 0 aliphatic heterocycles. The van der Waals surface area contributed by atoms with Gasteiger partial charge in [-0.15, -0.1) is 0 Å². The zero-order valence-electron chi connectivity index (χ0n) is 9.59. The molecule has 2 heteroatoms. The largest absolute Gasteiger partial charge is 0.317 e. The van der Waals surface area contributed by atoms with Gasteiger partial charge in [0.25, 0.3) is 0 Å². The van der Waals surface area contributed by atoms with Gasteiger partial charge >= 0.3 is 0 Å². The Labute approximate surface area is 91.7 Å². The number of halogens is 1. The summed E-state index contributed by atoms with van der Waals surface area (Å²) >= 11 is 0. The summed E-state index contributed by atoms with van der Waals surface area (Å²) in [6.45, 7) is 2.20. The van der Waals surface area contributed by atoms with Gasteiger partial charge in [0.1, 0.15) is 5.82 Å². The third-order valence-corrected chi connectivity index (χ3v) is 2.74. The van der Waals surface area contributed by atoms with E-state index >= 15 is 0 Å². The summed E-state index contributed by atoms with van der Waals surface area (Å²) in [5.74, 6) is -0.155. The molecule has 0 spiro atoms. The summed E-state index contributed by atoms with van der Waals surface area (Å²) in [6, 6.07) is 7.38. The Kier molecular flexibility index (Phi) is 5.33. The molecule has 0 aliphatic carbocycles. The molecule has 0 radical (unpaired) electrons. The van der Waals surface area contributed by atoms with E-state index in [1.54, 1.807) is 0 Å². The zero-order chi connectivity index (χ0) is 11.1. The van der Waals surface area contributed by atoms with Crippen molar-refractivity contribution in [3.05, 3.63) is 35.6 Å². The number of benzene rings is 1. The van der Waals surface area contributed by atoms with E-state index in [0.29, 0.717) is 6.04 Å². The topological polar surface area (TPSA) is 12.0 Å². The van der Waals surface area contributed by atoms with Crippen LogP contribution >= 0.6 is 0 Å². The van der Waals surface area contributed by atoms with E-state index in [0.717, 1.165) is 12.8 Å². The first-order chi connectivity index (χ1) is 7.26. The van der Waals surface area contributed by atoms with Crippen LogP contribution in [0.25, 0.3) is 0 Å². The highest BCUT2D eigenvalue weighted by Gasteiger charge is 2.04. The lowest BCUT2D eigenvalue weighted by Crippen LogP contribution is -2.25. The van der Waals surface area contributed by atoms with Crippen molar-refractivity contribution in [2.24, 2.45) is 0 Å². The highest BCUT2D eigenvalue weighted by Crippen LogP contribution is 2.09. The van der Waals surface area contributed by atoms with E-state index in [4.69, 9.17) is 0 Å². The highest BCUT2D eigenvalue weighted by atomic mass is 19.1. The minimum Gasteiger partial charge on any atom is -0.317 e. The van der Waals surface area contributed by atoms with Gasteiger partial charge in [-0.05, 0) is 44.0 Å². The van der Waals surface area contributed by atoms with Crippen LogP contribution in [-0.2, 0) is 6.42 Å². The first kappa shape index (κ1) is 12.2. The van der Waals surface area contributed by atoms with Crippen LogP contribution in [0.2, 0.25) is 0 Å². The zero-order valence-corrected chi connectivity index (χ0v) is 9.59. The quantitative estimate of drug-likeness (QED) is 0.759. The van der Waals surface area contributed by atoms with Crippen molar-refractivity contribution < 1.29 is 4.39 Å². The van der Waals surface area contributed by atoms with Crippen LogP contribution in [0.3, 0.4) is 0 Å². The lowest BCUT2D eigenvalue weighted by Gasteiger charge is -2.14. The Bertz CT molecular complexity index is 268. The van der Waals surface area contributed by atoms with Crippen molar-refractivity contribution in [1.29, 1.82) is 0 Å². The van der Waals surface area contributed by atoms with Crippen molar-refractivity contribution in [2.75, 3.05) is 7.05 Å². The standard InChI is InChI=1S/C13H20FN/c1-3-4-13(15-2)10-7-11-5-8-12(14)9-6-11/h5-6,8-9,13,15H,3-4,7,10H2,1-2H3. The molecule has 1 atom stereocenters. The molecule has 0 aliphatic rings. The SMILES string of the molecule is CCCC(CCc1ccc(F)cc1)NC. The Balaban J connectivity index is 2.38. The van der Waals surface area contributed by atoms with Gasteiger partial charge in [0.05, 0.1) is 0 Å². The minimum absolute atomic E-state index is 0.155. The molecule has 1 aromatic rings. The molecule has 0 fully saturated rings. The van der Waals surface area contributed by atoms with E-state index < -0.39 is 0 Å². The first-order valence-corrected chi connectivity index (χ1v) is 5.68. The van der Waals surface area contributed by atoms with Crippen LogP contribution < -0.4 is 5.32 Å². The minimum atomic E-state index is -0.155. The van der Waals surface area contributed by atoms with Crippen molar-refractivity contribution in [1.82, 2.24) is 5.32 Å². The van der Waals surface area contributed by atoms with Crippen LogP contribution in [0.4, 0.5) is 4.39 Å². The van der Waals surface area contributed by atoms with Crippen LogP contribution in [0.15, 0.2) is 24.3 Å². The summed E-state index contributed by atoms with van der Waals surface area (Å²) in [5, 5.41) is 3.31. The Morgan fingerprint density at radius 2 is 1.87 bits per heavy atom. The Morgan fingerprint density at radius 3 is 2.40 bits per heavy atom. The van der Waals surface area contributed by atoms with Gasteiger partial charge in [-0.3, -0.25) is 0 Å². The van der Waals surface area contributed by atoms with Gasteiger partial charge < -0.3 is 5.32 Å². The van der Waals surface area contributed by atoms with E-state index in [1.807, 2.05) is 19.2 Å². The normalized spacial score (nSPS) is 12.7. The lowest BCUT2D eigenvalue weighted by molar-refractivity contribution is 0.484. The van der Waals surface area contributed by atoms with Gasteiger partial charge in [-0.2, -0.15) is 0 Å². The molecular weight excluding hydrogens is 189 g/mol. The second-order valence-electron chi connectivity index (χ2n) is 3.94. The summed E-state index contributed by atoms with van der Waals surface area (Å²) in [7, 11) is 2.00. The van der Waals surface area contributed by atoms with Gasteiger partial charge in [0, 0.05) is 6.04 Å². The molecule has 0 amide bonds. The fourth-order valence-electron chi connectivity index (χ4n) is 1.77. The van der Waals surface area contributed by atoms with Gasteiger partial charge in [0.2, 0.25) is 0 Å². The fraction of sp³-hybridized carbons (Fsp3) is 0.538. The van der Waals surface area contributed by atoms with Crippen molar-refractivity contribution >= 4 is 0 Å². The Morgan fingerprint density at radius 1 is 1.20 bits per heavy atom. The smallest absolute Gasteiger partial charge is 0.123 e. The molecule has 15 heavy (non-hydrogen) atoms. The lowest BCUT2D eigenvalue weighted by atomic mass is 10.0. The molecule has 1 nitrogen and oxygen atoms in total. The monoisotopic (exact) mass is 209 g/mol. The molecule has 1 N–H and O–H groups in total. The van der Waals surface area contributed by atoms with Gasteiger partial charge in [-0.25, -0.2) is 4.39 Å². The van der Waals surface area contributed by atoms with Crippen LogP contribution in [0.5, 0.6) is 0 Å². The molecule has 1 unspecified atom stereocenters. The second kappa shape index (κ2) is 6.57. The van der Waals surface area contributed by atoms with Crippen molar-refractivity contribution in [3.63, 3.8) is 0 Å². The number of aryl methyl sites for hydroxylation is 1. The number of hydrogen-bond acceptors (Lipinski definition) is 1. The summed E-state index contributed by atoms with van der Waals surface area (Å²) in [5.41, 5.74) is 1.22. The molecule has 1 rings (SSSR count). The molecule has 0 saturated heterocycles. The maximum atomic E-state index is 12.7. The second-order valence-corrected chi connectivity index (χ2v) is 3.94. The average Bonchev–Trinajstić information content (AvgIpc) is 2.26. The Hall–Kier alpha value is -0.890. The average molecular weight is 209 g/mol. The third kappa shape index (κ3) is 4.43. The van der Waals surface area contributed by atoms with Gasteiger partial charge in [-0.1, -0.05) is 25.5 Å². The number of nitrogens with one attached hydrogen (secondary N) is 1. The predicted molar refractivity (Wildman–Crippen MR) is 62.5 cm³/mol. The first-order valence-electron chi connectivity index (χ1n) is 5.68. The van der Waals surface area contributed by atoms with Crippen LogP contribution in [0.1, 0.15) is 31.7 Å². The molecular formula is C13H20FN. The number of rotatable bonds is 6.